The number of rotatable bonds is 4. The Bertz CT molecular complexity index is 973. The van der Waals surface area contributed by atoms with Gasteiger partial charge in [0.15, 0.2) is 11.0 Å². The normalized spacial score (nSPS) is 12.6. The molecule has 0 N–H and O–H groups in total. The number of aromatic nitrogens is 3. The summed E-state index contributed by atoms with van der Waals surface area (Å²) in [5.41, 5.74) is 1.30. The number of thioether (sulfide) groups is 1. The van der Waals surface area contributed by atoms with E-state index in [9.17, 15) is 0 Å². The fourth-order valence-electron chi connectivity index (χ4n) is 2.72. The van der Waals surface area contributed by atoms with Gasteiger partial charge in [-0.05, 0) is 34.7 Å². The molecule has 0 radical (unpaired) electrons. The molecule has 0 fully saturated rings. The Morgan fingerprint density at radius 3 is 2.62 bits per heavy atom. The molecule has 1 atom stereocenters. The highest BCUT2D eigenvalue weighted by molar-refractivity contribution is 7.99. The van der Waals surface area contributed by atoms with Crippen LogP contribution < -0.4 is 0 Å². The summed E-state index contributed by atoms with van der Waals surface area (Å²) in [6.07, 6.45) is 0. The molecule has 0 saturated carbocycles. The van der Waals surface area contributed by atoms with Gasteiger partial charge in [0.25, 0.3) is 0 Å². The quantitative estimate of drug-likeness (QED) is 0.452. The molecule has 5 heteroatoms. The third-order valence-corrected chi connectivity index (χ3v) is 6.16. The lowest BCUT2D eigenvalue weighted by atomic mass is 10.1. The second-order valence-corrected chi connectivity index (χ2v) is 7.96. The topological polar surface area (TPSA) is 30.7 Å². The summed E-state index contributed by atoms with van der Waals surface area (Å²) in [5, 5.41) is 14.6. The van der Waals surface area contributed by atoms with Crippen LogP contribution in [-0.4, -0.2) is 14.8 Å². The molecular formula is C19H17N3S2. The smallest absolute Gasteiger partial charge is 0.191 e. The van der Waals surface area contributed by atoms with Crippen LogP contribution in [0.1, 0.15) is 17.7 Å². The van der Waals surface area contributed by atoms with Crippen LogP contribution in [0.2, 0.25) is 0 Å². The minimum Gasteiger partial charge on any atom is -0.304 e. The molecule has 4 aromatic rings. The Labute approximate surface area is 149 Å². The van der Waals surface area contributed by atoms with Crippen molar-refractivity contribution in [2.75, 3.05) is 0 Å². The average Bonchev–Trinajstić information content (AvgIpc) is 3.25. The molecule has 0 aliphatic carbocycles. The molecule has 3 nitrogen and oxygen atoms in total. The van der Waals surface area contributed by atoms with Gasteiger partial charge >= 0.3 is 0 Å². The lowest BCUT2D eigenvalue weighted by Crippen LogP contribution is -1.96. The summed E-state index contributed by atoms with van der Waals surface area (Å²) < 4.78 is 2.08. The maximum atomic E-state index is 4.38. The minimum atomic E-state index is 0.314. The van der Waals surface area contributed by atoms with Crippen LogP contribution >= 0.6 is 23.1 Å². The molecule has 0 spiro atoms. The fraction of sp³-hybridized carbons (Fsp3) is 0.158. The van der Waals surface area contributed by atoms with Gasteiger partial charge < -0.3 is 4.57 Å². The number of thiophene rings is 1. The van der Waals surface area contributed by atoms with Crippen molar-refractivity contribution in [3.05, 3.63) is 65.5 Å². The van der Waals surface area contributed by atoms with Gasteiger partial charge in [0, 0.05) is 12.3 Å². The van der Waals surface area contributed by atoms with E-state index in [0.29, 0.717) is 5.25 Å². The van der Waals surface area contributed by atoms with Gasteiger partial charge in [-0.3, -0.25) is 0 Å². The third kappa shape index (κ3) is 2.85. The maximum Gasteiger partial charge on any atom is 0.191 e. The van der Waals surface area contributed by atoms with E-state index in [1.807, 2.05) is 13.1 Å². The summed E-state index contributed by atoms with van der Waals surface area (Å²) in [6.45, 7) is 2.22. The molecule has 1 unspecified atom stereocenters. The third-order valence-electron chi connectivity index (χ3n) is 4.10. The largest absolute Gasteiger partial charge is 0.304 e. The van der Waals surface area contributed by atoms with Gasteiger partial charge in [-0.25, -0.2) is 0 Å². The number of hydrogen-bond acceptors (Lipinski definition) is 4. The first-order chi connectivity index (χ1) is 11.7. The van der Waals surface area contributed by atoms with E-state index in [-0.39, 0.29) is 0 Å². The fourth-order valence-corrected chi connectivity index (χ4v) is 4.40. The maximum absolute atomic E-state index is 4.38. The van der Waals surface area contributed by atoms with Crippen LogP contribution in [0.25, 0.3) is 21.5 Å². The Hall–Kier alpha value is -2.11. The van der Waals surface area contributed by atoms with E-state index in [1.165, 1.54) is 16.3 Å². The van der Waals surface area contributed by atoms with E-state index in [2.05, 4.69) is 75.6 Å². The van der Waals surface area contributed by atoms with Crippen LogP contribution in [0, 0.1) is 0 Å². The van der Waals surface area contributed by atoms with Crippen molar-refractivity contribution in [2.24, 2.45) is 7.05 Å². The predicted octanol–water partition coefficient (Wildman–Crippen LogP) is 5.55. The van der Waals surface area contributed by atoms with Crippen molar-refractivity contribution >= 4 is 33.9 Å². The highest BCUT2D eigenvalue weighted by Crippen LogP contribution is 2.36. The Morgan fingerprint density at radius 2 is 1.83 bits per heavy atom. The summed E-state index contributed by atoms with van der Waals surface area (Å²) >= 11 is 3.43. The highest BCUT2D eigenvalue weighted by Gasteiger charge is 2.16. The number of benzene rings is 2. The van der Waals surface area contributed by atoms with Gasteiger partial charge in [-0.2, -0.15) is 0 Å². The van der Waals surface area contributed by atoms with E-state index >= 15 is 0 Å². The van der Waals surface area contributed by atoms with Crippen LogP contribution in [0.15, 0.2) is 65.1 Å². The molecule has 120 valence electrons. The zero-order chi connectivity index (χ0) is 16.5. The van der Waals surface area contributed by atoms with Crippen molar-refractivity contribution in [2.45, 2.75) is 17.3 Å². The number of fused-ring (bicyclic) bond motifs is 1. The minimum absolute atomic E-state index is 0.314. The monoisotopic (exact) mass is 351 g/mol. The lowest BCUT2D eigenvalue weighted by Gasteiger charge is -2.12. The van der Waals surface area contributed by atoms with Crippen molar-refractivity contribution in [1.29, 1.82) is 0 Å². The standard InChI is InChI=1S/C19H17N3S2/c1-13(15-10-9-14-6-3-4-7-16(14)12-15)24-19-21-20-18(22(19)2)17-8-5-11-23-17/h3-13H,1-2H3. The summed E-state index contributed by atoms with van der Waals surface area (Å²) in [4.78, 5) is 1.15. The molecule has 2 aromatic heterocycles. The summed E-state index contributed by atoms with van der Waals surface area (Å²) in [5.74, 6) is 0.929. The van der Waals surface area contributed by atoms with Crippen LogP contribution in [0.5, 0.6) is 0 Å². The lowest BCUT2D eigenvalue weighted by molar-refractivity contribution is 0.791. The molecule has 2 aromatic carbocycles. The zero-order valence-electron chi connectivity index (χ0n) is 13.5. The molecule has 24 heavy (non-hydrogen) atoms. The molecule has 0 aliphatic rings. The molecule has 0 bridgehead atoms. The zero-order valence-corrected chi connectivity index (χ0v) is 15.1. The van der Waals surface area contributed by atoms with E-state index in [4.69, 9.17) is 0 Å². The number of hydrogen-bond donors (Lipinski definition) is 0. The second kappa shape index (κ2) is 6.42. The molecule has 0 aliphatic heterocycles. The second-order valence-electron chi connectivity index (χ2n) is 5.71. The van der Waals surface area contributed by atoms with Crippen LogP contribution in [-0.2, 0) is 7.05 Å². The molecule has 4 rings (SSSR count). The van der Waals surface area contributed by atoms with Crippen LogP contribution in [0.4, 0.5) is 0 Å². The molecule has 0 saturated heterocycles. The Balaban J connectivity index is 1.60. The van der Waals surface area contributed by atoms with Gasteiger partial charge in [0.2, 0.25) is 0 Å². The van der Waals surface area contributed by atoms with Crippen molar-refractivity contribution < 1.29 is 0 Å². The predicted molar refractivity (Wildman–Crippen MR) is 103 cm³/mol. The van der Waals surface area contributed by atoms with Crippen molar-refractivity contribution in [1.82, 2.24) is 14.8 Å². The summed E-state index contributed by atoms with van der Waals surface area (Å²) in [7, 11) is 2.03. The summed E-state index contributed by atoms with van der Waals surface area (Å²) in [6, 6.07) is 19.2. The molecule has 2 heterocycles. The van der Waals surface area contributed by atoms with Gasteiger partial charge in [-0.15, -0.1) is 21.5 Å². The van der Waals surface area contributed by atoms with Crippen molar-refractivity contribution in [3.63, 3.8) is 0 Å². The SMILES string of the molecule is CC(Sc1nnc(-c2cccs2)n1C)c1ccc2ccccc2c1. The average molecular weight is 352 g/mol. The van der Waals surface area contributed by atoms with Gasteiger partial charge in [-0.1, -0.05) is 60.3 Å². The Kier molecular flexibility index (Phi) is 4.12. The number of nitrogens with zero attached hydrogens (tertiary/aromatic N) is 3. The first-order valence-electron chi connectivity index (χ1n) is 7.81. The van der Waals surface area contributed by atoms with Gasteiger partial charge in [0.05, 0.1) is 4.88 Å². The van der Waals surface area contributed by atoms with Crippen molar-refractivity contribution in [3.8, 4) is 10.7 Å². The first kappa shape index (κ1) is 15.4. The van der Waals surface area contributed by atoms with Gasteiger partial charge in [0.1, 0.15) is 0 Å². The molecule has 0 amide bonds. The highest BCUT2D eigenvalue weighted by atomic mass is 32.2. The van der Waals surface area contributed by atoms with E-state index < -0.39 is 0 Å². The molecular weight excluding hydrogens is 334 g/mol. The first-order valence-corrected chi connectivity index (χ1v) is 9.57. The Morgan fingerprint density at radius 1 is 1.00 bits per heavy atom. The van der Waals surface area contributed by atoms with E-state index in [0.717, 1.165) is 15.9 Å². The van der Waals surface area contributed by atoms with Crippen LogP contribution in [0.3, 0.4) is 0 Å². The van der Waals surface area contributed by atoms with E-state index in [1.54, 1.807) is 23.1 Å².